The Morgan fingerprint density at radius 2 is 1.61 bits per heavy atom. The van der Waals surface area contributed by atoms with Crippen molar-refractivity contribution in [1.82, 2.24) is 15.5 Å². The molecular formula is C20H34N8O8. The number of amides is 4. The lowest BCUT2D eigenvalue weighted by Crippen LogP contribution is -2.57. The van der Waals surface area contributed by atoms with Crippen LogP contribution in [0.1, 0.15) is 44.9 Å². The molecule has 0 aliphatic carbocycles. The molecule has 4 atom stereocenters. The molecule has 0 radical (unpaired) electrons. The van der Waals surface area contributed by atoms with E-state index in [9.17, 15) is 33.9 Å². The van der Waals surface area contributed by atoms with E-state index in [2.05, 4.69) is 15.6 Å². The molecule has 36 heavy (non-hydrogen) atoms. The SMILES string of the molecule is NC(=O)CCC(NC(=O)C(N)CC(=O)O)C(=O)NC(CCCN=C(N)N)C(=O)N1CCCC1C(=O)O. The van der Waals surface area contributed by atoms with Crippen LogP contribution in [0.3, 0.4) is 0 Å². The first-order valence-corrected chi connectivity index (χ1v) is 11.3. The minimum absolute atomic E-state index is 0.0409. The summed E-state index contributed by atoms with van der Waals surface area (Å²) in [5.74, 6) is -5.89. The molecule has 1 fully saturated rings. The number of aliphatic imine (C=N–C) groups is 1. The zero-order valence-corrected chi connectivity index (χ0v) is 19.7. The number of aliphatic carboxylic acids is 2. The molecule has 0 bridgehead atoms. The van der Waals surface area contributed by atoms with Gasteiger partial charge in [0.25, 0.3) is 0 Å². The molecule has 1 rings (SSSR count). The van der Waals surface area contributed by atoms with Gasteiger partial charge < -0.3 is 48.7 Å². The molecule has 16 heteroatoms. The topological polar surface area (TPSA) is 287 Å². The summed E-state index contributed by atoms with van der Waals surface area (Å²) in [6, 6.07) is -5.07. The normalized spacial score (nSPS) is 17.4. The maximum absolute atomic E-state index is 13.2. The fraction of sp³-hybridized carbons (Fsp3) is 0.650. The third kappa shape index (κ3) is 10.1. The van der Waals surface area contributed by atoms with E-state index >= 15 is 0 Å². The summed E-state index contributed by atoms with van der Waals surface area (Å²) in [5.41, 5.74) is 21.3. The Morgan fingerprint density at radius 3 is 2.17 bits per heavy atom. The first-order chi connectivity index (χ1) is 16.8. The van der Waals surface area contributed by atoms with Crippen LogP contribution in [0.25, 0.3) is 0 Å². The lowest BCUT2D eigenvalue weighted by molar-refractivity contribution is -0.149. The minimum Gasteiger partial charge on any atom is -0.481 e. The van der Waals surface area contributed by atoms with E-state index in [1.54, 1.807) is 0 Å². The molecule has 4 unspecified atom stereocenters. The first kappa shape index (κ1) is 30.1. The molecule has 202 valence electrons. The first-order valence-electron chi connectivity index (χ1n) is 11.3. The monoisotopic (exact) mass is 514 g/mol. The Kier molecular flexibility index (Phi) is 12.1. The van der Waals surface area contributed by atoms with Crippen molar-refractivity contribution in [1.29, 1.82) is 0 Å². The predicted octanol–water partition coefficient (Wildman–Crippen LogP) is -3.85. The number of primary amides is 1. The summed E-state index contributed by atoms with van der Waals surface area (Å²) >= 11 is 0. The number of nitrogens with one attached hydrogen (secondary N) is 2. The Labute approximate surface area is 206 Å². The second kappa shape index (κ2) is 14.4. The Bertz CT molecular complexity index is 876. The molecule has 0 saturated carbocycles. The van der Waals surface area contributed by atoms with Gasteiger partial charge in [0.15, 0.2) is 5.96 Å². The van der Waals surface area contributed by atoms with Crippen molar-refractivity contribution >= 4 is 41.5 Å². The van der Waals surface area contributed by atoms with Gasteiger partial charge in [-0.1, -0.05) is 0 Å². The number of hydrogen-bond acceptors (Lipinski definition) is 8. The number of carboxylic acid groups (broad SMARTS) is 2. The molecule has 1 aliphatic rings. The zero-order chi connectivity index (χ0) is 27.4. The van der Waals surface area contributed by atoms with E-state index in [1.807, 2.05) is 0 Å². The smallest absolute Gasteiger partial charge is 0.326 e. The Hall–Kier alpha value is -3.95. The van der Waals surface area contributed by atoms with Gasteiger partial charge in [-0.2, -0.15) is 0 Å². The second-order valence-corrected chi connectivity index (χ2v) is 8.31. The van der Waals surface area contributed by atoms with Gasteiger partial charge in [0.05, 0.1) is 12.5 Å². The van der Waals surface area contributed by atoms with E-state index in [0.29, 0.717) is 6.42 Å². The molecule has 16 nitrogen and oxygen atoms in total. The number of likely N-dealkylation sites (tertiary alicyclic amines) is 1. The fourth-order valence-electron chi connectivity index (χ4n) is 3.64. The van der Waals surface area contributed by atoms with E-state index in [-0.39, 0.29) is 51.2 Å². The standard InChI is InChI=1S/C20H34N8O8/c21-10(9-15(30)31)16(32)26-11(5-6-14(22)29)17(33)27-12(3-1-7-25-20(23)24)18(34)28-8-2-4-13(28)19(35)36/h10-13H,1-9,21H2,(H2,22,29)(H,26,32)(H,27,33)(H,30,31)(H,35,36)(H4,23,24,25). The van der Waals surface area contributed by atoms with Crippen LogP contribution in [-0.4, -0.2) is 93.9 Å². The molecule has 0 spiro atoms. The van der Waals surface area contributed by atoms with Gasteiger partial charge in [0.1, 0.15) is 18.1 Å². The predicted molar refractivity (Wildman–Crippen MR) is 125 cm³/mol. The second-order valence-electron chi connectivity index (χ2n) is 8.31. The molecule has 1 aliphatic heterocycles. The van der Waals surface area contributed by atoms with Crippen LogP contribution in [0.4, 0.5) is 0 Å². The Morgan fingerprint density at radius 1 is 0.972 bits per heavy atom. The number of rotatable bonds is 15. The molecular weight excluding hydrogens is 480 g/mol. The summed E-state index contributed by atoms with van der Waals surface area (Å²) in [6.07, 6.45) is -0.231. The highest BCUT2D eigenvalue weighted by Crippen LogP contribution is 2.20. The quantitative estimate of drug-likeness (QED) is 0.0594. The van der Waals surface area contributed by atoms with Gasteiger partial charge in [-0.3, -0.25) is 29.0 Å². The number of guanidine groups is 1. The summed E-state index contributed by atoms with van der Waals surface area (Å²) < 4.78 is 0. The number of carbonyl (C=O) groups excluding carboxylic acids is 4. The van der Waals surface area contributed by atoms with Crippen molar-refractivity contribution in [3.8, 4) is 0 Å². The number of carbonyl (C=O) groups is 6. The summed E-state index contributed by atoms with van der Waals surface area (Å²) in [5, 5.41) is 23.0. The Balaban J connectivity index is 3.07. The third-order valence-corrected chi connectivity index (χ3v) is 5.42. The number of nitrogens with two attached hydrogens (primary N) is 4. The van der Waals surface area contributed by atoms with Crippen LogP contribution in [0, 0.1) is 0 Å². The number of hydrogen-bond donors (Lipinski definition) is 8. The average Bonchev–Trinajstić information content (AvgIpc) is 3.27. The highest BCUT2D eigenvalue weighted by atomic mass is 16.4. The molecule has 1 saturated heterocycles. The highest BCUT2D eigenvalue weighted by molar-refractivity contribution is 5.95. The van der Waals surface area contributed by atoms with Crippen molar-refractivity contribution < 1.29 is 39.0 Å². The van der Waals surface area contributed by atoms with Crippen LogP contribution in [0.5, 0.6) is 0 Å². The lowest BCUT2D eigenvalue weighted by Gasteiger charge is -2.29. The molecule has 0 aromatic heterocycles. The summed E-state index contributed by atoms with van der Waals surface area (Å²) in [7, 11) is 0. The van der Waals surface area contributed by atoms with Gasteiger partial charge in [-0.05, 0) is 32.1 Å². The van der Waals surface area contributed by atoms with Gasteiger partial charge in [0, 0.05) is 19.5 Å². The lowest BCUT2D eigenvalue weighted by atomic mass is 10.1. The molecule has 12 N–H and O–H groups in total. The number of carboxylic acids is 2. The van der Waals surface area contributed by atoms with Gasteiger partial charge in [-0.25, -0.2) is 4.79 Å². The zero-order valence-electron chi connectivity index (χ0n) is 19.7. The van der Waals surface area contributed by atoms with E-state index in [4.69, 9.17) is 28.0 Å². The van der Waals surface area contributed by atoms with Crippen molar-refractivity contribution in [3.05, 3.63) is 0 Å². The third-order valence-electron chi connectivity index (χ3n) is 5.42. The molecule has 1 heterocycles. The highest BCUT2D eigenvalue weighted by Gasteiger charge is 2.38. The largest absolute Gasteiger partial charge is 0.481 e. The van der Waals surface area contributed by atoms with E-state index < -0.39 is 66.2 Å². The maximum atomic E-state index is 13.2. The van der Waals surface area contributed by atoms with Crippen molar-refractivity contribution in [2.45, 2.75) is 69.1 Å². The fourth-order valence-corrected chi connectivity index (χ4v) is 3.64. The van der Waals surface area contributed by atoms with Gasteiger partial charge >= 0.3 is 11.9 Å². The summed E-state index contributed by atoms with van der Waals surface area (Å²) in [4.78, 5) is 77.1. The van der Waals surface area contributed by atoms with Gasteiger partial charge in [0.2, 0.25) is 23.6 Å². The van der Waals surface area contributed by atoms with Crippen molar-refractivity contribution in [2.24, 2.45) is 27.9 Å². The maximum Gasteiger partial charge on any atom is 0.326 e. The van der Waals surface area contributed by atoms with Crippen LogP contribution in [-0.2, 0) is 28.8 Å². The molecule has 0 aromatic carbocycles. The summed E-state index contributed by atoms with van der Waals surface area (Å²) in [6.45, 7) is 0.318. The average molecular weight is 515 g/mol. The van der Waals surface area contributed by atoms with Gasteiger partial charge in [-0.15, -0.1) is 0 Å². The van der Waals surface area contributed by atoms with Crippen LogP contribution in [0.15, 0.2) is 4.99 Å². The van der Waals surface area contributed by atoms with E-state index in [0.717, 1.165) is 4.90 Å². The van der Waals surface area contributed by atoms with Crippen LogP contribution < -0.4 is 33.6 Å². The van der Waals surface area contributed by atoms with E-state index in [1.165, 1.54) is 0 Å². The molecule has 4 amide bonds. The number of nitrogens with zero attached hydrogens (tertiary/aromatic N) is 2. The van der Waals surface area contributed by atoms with Crippen molar-refractivity contribution in [3.63, 3.8) is 0 Å². The van der Waals surface area contributed by atoms with Crippen LogP contribution in [0.2, 0.25) is 0 Å². The van der Waals surface area contributed by atoms with Crippen LogP contribution >= 0.6 is 0 Å². The molecule has 0 aromatic rings. The van der Waals surface area contributed by atoms with Crippen molar-refractivity contribution in [2.75, 3.05) is 13.1 Å². The minimum atomic E-state index is -1.47.